The molecule has 1 saturated heterocycles. The number of ether oxygens (including phenoxy) is 1. The van der Waals surface area contributed by atoms with Gasteiger partial charge >= 0.3 is 6.18 Å². The minimum atomic E-state index is -4.51. The van der Waals surface area contributed by atoms with Gasteiger partial charge in [0.25, 0.3) is 0 Å². The van der Waals surface area contributed by atoms with Crippen molar-refractivity contribution < 1.29 is 22.7 Å². The number of hydrogen-bond acceptors (Lipinski definition) is 5. The van der Waals surface area contributed by atoms with E-state index in [1.165, 1.54) is 6.07 Å². The first-order valence-corrected chi connectivity index (χ1v) is 9.02. The molecular weight excluding hydrogens is 387 g/mol. The second kappa shape index (κ2) is 7.02. The Morgan fingerprint density at radius 1 is 1.34 bits per heavy atom. The van der Waals surface area contributed by atoms with Crippen molar-refractivity contribution in [1.29, 1.82) is 0 Å². The average Bonchev–Trinajstić information content (AvgIpc) is 3.26. The van der Waals surface area contributed by atoms with Gasteiger partial charge in [-0.05, 0) is 25.1 Å². The van der Waals surface area contributed by atoms with Crippen LogP contribution in [0.1, 0.15) is 19.0 Å². The summed E-state index contributed by atoms with van der Waals surface area (Å²) in [7, 11) is 1.76. The largest absolute Gasteiger partial charge is 0.474 e. The fraction of sp³-hybridized carbons (Fsp3) is 0.368. The van der Waals surface area contributed by atoms with E-state index in [4.69, 9.17) is 4.74 Å². The predicted molar refractivity (Wildman–Crippen MR) is 97.9 cm³/mol. The Balaban J connectivity index is 1.70. The Bertz CT molecular complexity index is 1060. The van der Waals surface area contributed by atoms with E-state index in [1.807, 2.05) is 6.92 Å². The summed E-state index contributed by atoms with van der Waals surface area (Å²) >= 11 is 0. The van der Waals surface area contributed by atoms with E-state index in [0.29, 0.717) is 41.0 Å². The highest BCUT2D eigenvalue weighted by atomic mass is 19.4. The monoisotopic (exact) mass is 405 g/mol. The van der Waals surface area contributed by atoms with Gasteiger partial charge in [0, 0.05) is 43.9 Å². The number of halogens is 3. The molecule has 4 rings (SSSR count). The maximum Gasteiger partial charge on any atom is 0.433 e. The molecule has 3 aromatic rings. The first-order valence-electron chi connectivity index (χ1n) is 9.02. The molecule has 0 aromatic carbocycles. The number of carbonyl (C=O) groups is 1. The number of fused-ring (bicyclic) bond motifs is 1. The van der Waals surface area contributed by atoms with E-state index in [9.17, 15) is 18.0 Å². The molecule has 1 aliphatic heterocycles. The summed E-state index contributed by atoms with van der Waals surface area (Å²) in [5, 5.41) is 7.82. The van der Waals surface area contributed by atoms with Crippen molar-refractivity contribution in [2.75, 3.05) is 6.54 Å². The summed E-state index contributed by atoms with van der Waals surface area (Å²) in [6.07, 6.45) is -1.53. The highest BCUT2D eigenvalue weighted by Gasteiger charge is 2.32. The number of hydrogen-bond donors (Lipinski definition) is 1. The van der Waals surface area contributed by atoms with Gasteiger partial charge in [0.2, 0.25) is 11.8 Å². The van der Waals surface area contributed by atoms with Gasteiger partial charge in [0.15, 0.2) is 0 Å². The van der Waals surface area contributed by atoms with Crippen molar-refractivity contribution in [3.8, 4) is 17.1 Å². The van der Waals surface area contributed by atoms with Gasteiger partial charge in [-0.2, -0.15) is 18.3 Å². The van der Waals surface area contributed by atoms with E-state index in [0.717, 1.165) is 12.3 Å². The highest BCUT2D eigenvalue weighted by Crippen LogP contribution is 2.32. The fourth-order valence-corrected chi connectivity index (χ4v) is 3.29. The third kappa shape index (κ3) is 3.87. The standard InChI is InChI=1S/C19H18F3N5O2/c1-10(12-5-17(28)24-8-12)29-18-13-9-27(2)26-15(13)6-14(25-18)11-3-4-16(23-7-11)19(20,21)22/h3-4,6-7,9-10,12H,5,8H2,1-2H3,(H,24,28)/t10-,12?/m1/s1. The van der Waals surface area contributed by atoms with Crippen LogP contribution in [0.4, 0.5) is 13.2 Å². The van der Waals surface area contributed by atoms with Crippen molar-refractivity contribution in [3.63, 3.8) is 0 Å². The van der Waals surface area contributed by atoms with Crippen LogP contribution in [0.2, 0.25) is 0 Å². The lowest BCUT2D eigenvalue weighted by Gasteiger charge is -2.19. The smallest absolute Gasteiger partial charge is 0.433 e. The molecule has 0 saturated carbocycles. The molecule has 0 aliphatic carbocycles. The number of aryl methyl sites for hydroxylation is 1. The van der Waals surface area contributed by atoms with Crippen LogP contribution in [0.3, 0.4) is 0 Å². The van der Waals surface area contributed by atoms with Crippen LogP contribution in [0.5, 0.6) is 5.88 Å². The molecule has 4 heterocycles. The van der Waals surface area contributed by atoms with Crippen molar-refractivity contribution in [2.24, 2.45) is 13.0 Å². The first kappa shape index (κ1) is 19.2. The molecule has 1 amide bonds. The van der Waals surface area contributed by atoms with Crippen molar-refractivity contribution in [2.45, 2.75) is 25.6 Å². The highest BCUT2D eigenvalue weighted by molar-refractivity contribution is 5.86. The van der Waals surface area contributed by atoms with E-state index in [1.54, 1.807) is 24.0 Å². The maximum atomic E-state index is 12.8. The number of pyridine rings is 2. The molecule has 1 aliphatic rings. The van der Waals surface area contributed by atoms with Gasteiger partial charge in [0.05, 0.1) is 16.6 Å². The van der Waals surface area contributed by atoms with Crippen LogP contribution in [-0.4, -0.2) is 38.3 Å². The quantitative estimate of drug-likeness (QED) is 0.722. The number of alkyl halides is 3. The molecule has 0 bridgehead atoms. The van der Waals surface area contributed by atoms with Crippen molar-refractivity contribution in [3.05, 3.63) is 36.3 Å². The molecule has 3 aromatic heterocycles. The van der Waals surface area contributed by atoms with Crippen LogP contribution in [-0.2, 0) is 18.0 Å². The zero-order chi connectivity index (χ0) is 20.8. The van der Waals surface area contributed by atoms with Gasteiger partial charge in [-0.15, -0.1) is 0 Å². The normalized spacial score (nSPS) is 18.1. The molecule has 152 valence electrons. The lowest BCUT2D eigenvalue weighted by atomic mass is 10.0. The van der Waals surface area contributed by atoms with Crippen LogP contribution in [0.15, 0.2) is 30.6 Å². The van der Waals surface area contributed by atoms with Gasteiger partial charge in [-0.25, -0.2) is 4.98 Å². The lowest BCUT2D eigenvalue weighted by Crippen LogP contribution is -2.26. The first-order chi connectivity index (χ1) is 13.7. The number of nitrogens with one attached hydrogen (secondary N) is 1. The number of amides is 1. The summed E-state index contributed by atoms with van der Waals surface area (Å²) in [4.78, 5) is 19.5. The summed E-state index contributed by atoms with van der Waals surface area (Å²) in [5.41, 5.74) is 0.449. The second-order valence-electron chi connectivity index (χ2n) is 7.07. The van der Waals surface area contributed by atoms with Gasteiger partial charge in [-0.1, -0.05) is 0 Å². The zero-order valence-corrected chi connectivity index (χ0v) is 15.7. The second-order valence-corrected chi connectivity index (χ2v) is 7.07. The Morgan fingerprint density at radius 2 is 2.14 bits per heavy atom. The minimum absolute atomic E-state index is 0.00686. The Hall–Kier alpha value is -3.17. The van der Waals surface area contributed by atoms with Crippen molar-refractivity contribution in [1.82, 2.24) is 25.1 Å². The molecule has 1 fully saturated rings. The predicted octanol–water partition coefficient (Wildman–Crippen LogP) is 2.95. The summed E-state index contributed by atoms with van der Waals surface area (Å²) in [5.74, 6) is 0.305. The van der Waals surface area contributed by atoms with E-state index >= 15 is 0 Å². The fourth-order valence-electron chi connectivity index (χ4n) is 3.29. The minimum Gasteiger partial charge on any atom is -0.474 e. The van der Waals surface area contributed by atoms with Crippen molar-refractivity contribution >= 4 is 16.8 Å². The molecule has 1 N–H and O–H groups in total. The molecule has 2 atom stereocenters. The molecule has 1 unspecified atom stereocenters. The average molecular weight is 405 g/mol. The van der Waals surface area contributed by atoms with Crippen LogP contribution in [0.25, 0.3) is 22.2 Å². The SMILES string of the molecule is C[C@@H](Oc1nc(-c2ccc(C(F)(F)F)nc2)cc2nn(C)cc12)C1CNC(=O)C1. The molecule has 0 spiro atoms. The van der Waals surface area contributed by atoms with Gasteiger partial charge < -0.3 is 10.1 Å². The summed E-state index contributed by atoms with van der Waals surface area (Å²) in [6.45, 7) is 2.39. The van der Waals surface area contributed by atoms with Gasteiger partial charge in [0.1, 0.15) is 11.8 Å². The van der Waals surface area contributed by atoms with Crippen LogP contribution >= 0.6 is 0 Å². The Morgan fingerprint density at radius 3 is 2.76 bits per heavy atom. The van der Waals surface area contributed by atoms with E-state index < -0.39 is 11.9 Å². The topological polar surface area (TPSA) is 81.9 Å². The summed E-state index contributed by atoms with van der Waals surface area (Å²) in [6, 6.07) is 3.91. The number of carbonyl (C=O) groups excluding carboxylic acids is 1. The molecule has 29 heavy (non-hydrogen) atoms. The molecule has 10 heteroatoms. The number of rotatable bonds is 4. The third-order valence-electron chi connectivity index (χ3n) is 4.90. The van der Waals surface area contributed by atoms with Gasteiger partial charge in [-0.3, -0.25) is 14.5 Å². The number of nitrogens with zero attached hydrogens (tertiary/aromatic N) is 4. The zero-order valence-electron chi connectivity index (χ0n) is 15.7. The summed E-state index contributed by atoms with van der Waals surface area (Å²) < 4.78 is 46.0. The van der Waals surface area contributed by atoms with E-state index in [-0.39, 0.29) is 17.9 Å². The lowest BCUT2D eigenvalue weighted by molar-refractivity contribution is -0.141. The van der Waals surface area contributed by atoms with E-state index in [2.05, 4.69) is 20.4 Å². The third-order valence-corrected chi connectivity index (χ3v) is 4.90. The Labute approximate surface area is 163 Å². The van der Waals surface area contributed by atoms with Crippen LogP contribution < -0.4 is 10.1 Å². The van der Waals surface area contributed by atoms with Crippen LogP contribution in [0, 0.1) is 5.92 Å². The number of aromatic nitrogens is 4. The molecule has 0 radical (unpaired) electrons. The maximum absolute atomic E-state index is 12.8. The Kier molecular flexibility index (Phi) is 4.64. The molecular formula is C19H18F3N5O2. The molecule has 7 nitrogen and oxygen atoms in total.